The van der Waals surface area contributed by atoms with Crippen molar-refractivity contribution < 1.29 is 9.18 Å². The molecule has 22 heavy (non-hydrogen) atoms. The van der Waals surface area contributed by atoms with Crippen molar-refractivity contribution in [3.63, 3.8) is 0 Å². The topological polar surface area (TPSA) is 35.6 Å². The van der Waals surface area contributed by atoms with Crippen molar-refractivity contribution in [2.45, 2.75) is 19.4 Å². The normalized spacial score (nSPS) is 16.0. The molecule has 1 aliphatic heterocycles. The fraction of sp³-hybridized carbons (Fsp3) is 0.588. The number of rotatable bonds is 6. The van der Waals surface area contributed by atoms with Crippen molar-refractivity contribution in [2.24, 2.45) is 5.92 Å². The number of carbonyl (C=O) groups is 1. The van der Waals surface area contributed by atoms with Crippen molar-refractivity contribution >= 4 is 5.91 Å². The summed E-state index contributed by atoms with van der Waals surface area (Å²) in [5, 5.41) is 3.29. The lowest BCUT2D eigenvalue weighted by atomic mass is 9.96. The highest BCUT2D eigenvalue weighted by molar-refractivity contribution is 5.79. The molecule has 1 amide bonds. The highest BCUT2D eigenvalue weighted by Crippen LogP contribution is 2.17. The molecule has 1 fully saturated rings. The van der Waals surface area contributed by atoms with E-state index in [0.717, 1.165) is 38.0 Å². The van der Waals surface area contributed by atoms with E-state index >= 15 is 0 Å². The zero-order valence-electron chi connectivity index (χ0n) is 13.5. The van der Waals surface area contributed by atoms with E-state index in [-0.39, 0.29) is 17.6 Å². The molecule has 1 heterocycles. The molecule has 0 bridgehead atoms. The molecule has 4 nitrogen and oxygen atoms in total. The molecule has 1 aliphatic rings. The molecular formula is C17H26FN3O. The summed E-state index contributed by atoms with van der Waals surface area (Å²) in [6, 6.07) is 6.52. The maximum absolute atomic E-state index is 13.4. The van der Waals surface area contributed by atoms with Gasteiger partial charge in [-0.15, -0.1) is 0 Å². The van der Waals surface area contributed by atoms with Crippen LogP contribution in [-0.2, 0) is 11.3 Å². The monoisotopic (exact) mass is 307 g/mol. The highest BCUT2D eigenvalue weighted by atomic mass is 19.1. The van der Waals surface area contributed by atoms with Gasteiger partial charge in [0.05, 0.1) is 0 Å². The lowest BCUT2D eigenvalue weighted by molar-refractivity contribution is -0.137. The molecule has 1 N–H and O–H groups in total. The number of hydrogen-bond acceptors (Lipinski definition) is 3. The second-order valence-corrected chi connectivity index (χ2v) is 6.22. The van der Waals surface area contributed by atoms with Gasteiger partial charge in [-0.3, -0.25) is 4.79 Å². The minimum Gasteiger partial charge on any atom is -0.337 e. The maximum atomic E-state index is 13.4. The zero-order chi connectivity index (χ0) is 15.9. The predicted molar refractivity (Wildman–Crippen MR) is 86.0 cm³/mol. The molecule has 1 saturated heterocycles. The summed E-state index contributed by atoms with van der Waals surface area (Å²) in [6.07, 6.45) is 1.78. The minimum atomic E-state index is -0.251. The number of amides is 1. The molecule has 122 valence electrons. The molecule has 1 aromatic carbocycles. The standard InChI is InChI=1S/C17H26FN3O/c1-20(2)10-11-21(13-14-4-3-5-16(18)12-14)17(22)15-6-8-19-9-7-15/h3-5,12,15,19H,6-11,13H2,1-2H3. The molecule has 0 aliphatic carbocycles. The Labute approximate surface area is 132 Å². The smallest absolute Gasteiger partial charge is 0.226 e. The molecule has 5 heteroatoms. The Balaban J connectivity index is 2.05. The molecule has 0 unspecified atom stereocenters. The van der Waals surface area contributed by atoms with Crippen molar-refractivity contribution in [2.75, 3.05) is 40.3 Å². The first-order chi connectivity index (χ1) is 10.6. The SMILES string of the molecule is CN(C)CCN(Cc1cccc(F)c1)C(=O)C1CCNCC1. The first-order valence-electron chi connectivity index (χ1n) is 7.95. The molecule has 0 aromatic heterocycles. The third kappa shape index (κ3) is 5.07. The summed E-state index contributed by atoms with van der Waals surface area (Å²) >= 11 is 0. The minimum absolute atomic E-state index is 0.0944. The van der Waals surface area contributed by atoms with Crippen LogP contribution in [0.4, 0.5) is 4.39 Å². The van der Waals surface area contributed by atoms with Crippen molar-refractivity contribution in [3.8, 4) is 0 Å². The second-order valence-electron chi connectivity index (χ2n) is 6.22. The van der Waals surface area contributed by atoms with Gasteiger partial charge in [0.1, 0.15) is 5.82 Å². The number of piperidine rings is 1. The molecule has 0 spiro atoms. The molecule has 0 radical (unpaired) electrons. The molecular weight excluding hydrogens is 281 g/mol. The van der Waals surface area contributed by atoms with E-state index in [9.17, 15) is 9.18 Å². The maximum Gasteiger partial charge on any atom is 0.226 e. The fourth-order valence-corrected chi connectivity index (χ4v) is 2.77. The van der Waals surface area contributed by atoms with Crippen LogP contribution < -0.4 is 5.32 Å². The van der Waals surface area contributed by atoms with Gasteiger partial charge in [0, 0.05) is 25.6 Å². The van der Waals surface area contributed by atoms with Gasteiger partial charge in [-0.2, -0.15) is 0 Å². The lowest BCUT2D eigenvalue weighted by Gasteiger charge is -2.30. The number of nitrogens with one attached hydrogen (secondary N) is 1. The van der Waals surface area contributed by atoms with Gasteiger partial charge in [0.2, 0.25) is 5.91 Å². The third-order valence-electron chi connectivity index (χ3n) is 4.08. The summed E-state index contributed by atoms with van der Waals surface area (Å²) in [7, 11) is 3.99. The number of nitrogens with zero attached hydrogens (tertiary/aromatic N) is 2. The first-order valence-corrected chi connectivity index (χ1v) is 7.95. The summed E-state index contributed by atoms with van der Waals surface area (Å²) in [4.78, 5) is 16.7. The Morgan fingerprint density at radius 3 is 2.64 bits per heavy atom. The number of likely N-dealkylation sites (N-methyl/N-ethyl adjacent to an activating group) is 1. The molecule has 0 atom stereocenters. The Morgan fingerprint density at radius 2 is 2.00 bits per heavy atom. The summed E-state index contributed by atoms with van der Waals surface area (Å²) in [5.74, 6) is 0.0453. The Bertz CT molecular complexity index is 487. The van der Waals surface area contributed by atoms with Gasteiger partial charge in [-0.25, -0.2) is 4.39 Å². The van der Waals surface area contributed by atoms with Crippen LogP contribution in [0.1, 0.15) is 18.4 Å². The van der Waals surface area contributed by atoms with Crippen LogP contribution in [0.15, 0.2) is 24.3 Å². The highest BCUT2D eigenvalue weighted by Gasteiger charge is 2.25. The second kappa shape index (κ2) is 8.25. The van der Waals surface area contributed by atoms with Gasteiger partial charge in [0.25, 0.3) is 0 Å². The Morgan fingerprint density at radius 1 is 1.27 bits per heavy atom. The number of carbonyl (C=O) groups excluding carboxylic acids is 1. The van der Waals surface area contributed by atoms with Gasteiger partial charge < -0.3 is 15.1 Å². The Kier molecular flexibility index (Phi) is 6.34. The lowest BCUT2D eigenvalue weighted by Crippen LogP contribution is -2.43. The van der Waals surface area contributed by atoms with E-state index in [1.54, 1.807) is 6.07 Å². The zero-order valence-corrected chi connectivity index (χ0v) is 13.5. The van der Waals surface area contributed by atoms with Gasteiger partial charge in [0.15, 0.2) is 0 Å². The largest absolute Gasteiger partial charge is 0.337 e. The van der Waals surface area contributed by atoms with Crippen LogP contribution in [0, 0.1) is 11.7 Å². The number of hydrogen-bond donors (Lipinski definition) is 1. The van der Waals surface area contributed by atoms with Crippen LogP contribution in [0.25, 0.3) is 0 Å². The fourth-order valence-electron chi connectivity index (χ4n) is 2.77. The van der Waals surface area contributed by atoms with E-state index in [0.29, 0.717) is 13.1 Å². The van der Waals surface area contributed by atoms with Crippen molar-refractivity contribution in [1.29, 1.82) is 0 Å². The molecule has 1 aromatic rings. The summed E-state index contributed by atoms with van der Waals surface area (Å²) in [5.41, 5.74) is 0.848. The van der Waals surface area contributed by atoms with Gasteiger partial charge in [-0.05, 0) is 57.7 Å². The third-order valence-corrected chi connectivity index (χ3v) is 4.08. The van der Waals surface area contributed by atoms with Crippen molar-refractivity contribution in [3.05, 3.63) is 35.6 Å². The number of halogens is 1. The van der Waals surface area contributed by atoms with Crippen LogP contribution >= 0.6 is 0 Å². The summed E-state index contributed by atoms with van der Waals surface area (Å²) in [6.45, 7) is 3.77. The van der Waals surface area contributed by atoms with E-state index in [2.05, 4.69) is 10.2 Å². The van der Waals surface area contributed by atoms with Crippen LogP contribution in [0.3, 0.4) is 0 Å². The Hall–Kier alpha value is -1.46. The van der Waals surface area contributed by atoms with Gasteiger partial charge in [-0.1, -0.05) is 12.1 Å². The van der Waals surface area contributed by atoms with Crippen LogP contribution in [0.2, 0.25) is 0 Å². The van der Waals surface area contributed by atoms with Crippen LogP contribution in [0.5, 0.6) is 0 Å². The first kappa shape index (κ1) is 16.9. The van der Waals surface area contributed by atoms with E-state index in [1.807, 2.05) is 25.1 Å². The average Bonchev–Trinajstić information content (AvgIpc) is 2.51. The molecule has 0 saturated carbocycles. The van der Waals surface area contributed by atoms with E-state index in [4.69, 9.17) is 0 Å². The van der Waals surface area contributed by atoms with E-state index in [1.165, 1.54) is 12.1 Å². The van der Waals surface area contributed by atoms with E-state index < -0.39 is 0 Å². The average molecular weight is 307 g/mol. The van der Waals surface area contributed by atoms with Crippen molar-refractivity contribution in [1.82, 2.24) is 15.1 Å². The van der Waals surface area contributed by atoms with Crippen LogP contribution in [-0.4, -0.2) is 56.0 Å². The quantitative estimate of drug-likeness (QED) is 0.869. The molecule has 2 rings (SSSR count). The summed E-state index contributed by atoms with van der Waals surface area (Å²) < 4.78 is 13.4. The predicted octanol–water partition coefficient (Wildman–Crippen LogP) is 1.72. The van der Waals surface area contributed by atoms with Gasteiger partial charge >= 0.3 is 0 Å². The number of benzene rings is 1.